The van der Waals surface area contributed by atoms with Gasteiger partial charge in [0.1, 0.15) is 0 Å². The number of hydrogen-bond acceptors (Lipinski definition) is 5. The van der Waals surface area contributed by atoms with Gasteiger partial charge in [-0.25, -0.2) is 0 Å². The van der Waals surface area contributed by atoms with Crippen LogP contribution in [-0.4, -0.2) is 51.6 Å². The third-order valence-corrected chi connectivity index (χ3v) is 3.61. The Bertz CT molecular complexity index is 458. The molecule has 6 heteroatoms. The van der Waals surface area contributed by atoms with Crippen LogP contribution in [0.25, 0.3) is 0 Å². The van der Waals surface area contributed by atoms with Crippen molar-refractivity contribution < 1.29 is 9.21 Å². The first kappa shape index (κ1) is 15.0. The summed E-state index contributed by atoms with van der Waals surface area (Å²) >= 11 is 0. The molecule has 1 aliphatic heterocycles. The van der Waals surface area contributed by atoms with Crippen LogP contribution in [0, 0.1) is 5.92 Å². The predicted molar refractivity (Wildman–Crippen MR) is 75.0 cm³/mol. The Morgan fingerprint density at radius 3 is 2.60 bits per heavy atom. The molecule has 2 heterocycles. The van der Waals surface area contributed by atoms with Crippen molar-refractivity contribution in [1.82, 2.24) is 20.0 Å². The normalized spacial score (nSPS) is 20.9. The van der Waals surface area contributed by atoms with Crippen LogP contribution in [0.5, 0.6) is 0 Å². The maximum Gasteiger partial charge on any atom is 0.239 e. The van der Waals surface area contributed by atoms with Crippen molar-refractivity contribution in [3.63, 3.8) is 0 Å². The molecule has 0 saturated carbocycles. The molecule has 0 bridgehead atoms. The van der Waals surface area contributed by atoms with Crippen molar-refractivity contribution in [2.24, 2.45) is 5.92 Å². The minimum atomic E-state index is -0.125. The fourth-order valence-corrected chi connectivity index (χ4v) is 2.48. The number of carbonyl (C=O) groups is 1. The lowest BCUT2D eigenvalue weighted by Gasteiger charge is -2.39. The topological polar surface area (TPSA) is 62.5 Å². The van der Waals surface area contributed by atoms with Gasteiger partial charge in [-0.15, -0.1) is 10.2 Å². The largest absolute Gasteiger partial charge is 0.424 e. The van der Waals surface area contributed by atoms with Gasteiger partial charge in [0.05, 0.1) is 12.6 Å². The molecular formula is C14H24N4O2. The van der Waals surface area contributed by atoms with Crippen molar-refractivity contribution in [2.75, 3.05) is 19.6 Å². The zero-order valence-corrected chi connectivity index (χ0v) is 12.8. The van der Waals surface area contributed by atoms with E-state index in [-0.39, 0.29) is 11.9 Å². The van der Waals surface area contributed by atoms with Crippen LogP contribution < -0.4 is 0 Å². The number of aryl methyl sites for hydroxylation is 1. The number of rotatable bonds is 5. The van der Waals surface area contributed by atoms with E-state index in [1.54, 1.807) is 0 Å². The van der Waals surface area contributed by atoms with Gasteiger partial charge < -0.3 is 9.32 Å². The molecule has 1 atom stereocenters. The lowest BCUT2D eigenvalue weighted by atomic mass is 10.1. The lowest BCUT2D eigenvalue weighted by molar-refractivity contribution is -0.142. The maximum atomic E-state index is 12.3. The molecule has 0 N–H and O–H groups in total. The molecule has 20 heavy (non-hydrogen) atoms. The first-order valence-electron chi connectivity index (χ1n) is 7.35. The number of amides is 1. The van der Waals surface area contributed by atoms with Crippen molar-refractivity contribution in [2.45, 2.75) is 46.7 Å². The first-order valence-corrected chi connectivity index (χ1v) is 7.35. The highest BCUT2D eigenvalue weighted by Gasteiger charge is 2.32. The zero-order chi connectivity index (χ0) is 14.7. The smallest absolute Gasteiger partial charge is 0.239 e. The van der Waals surface area contributed by atoms with Gasteiger partial charge in [-0.2, -0.15) is 0 Å². The number of aromatic nitrogens is 2. The fourth-order valence-electron chi connectivity index (χ4n) is 2.48. The summed E-state index contributed by atoms with van der Waals surface area (Å²) in [4.78, 5) is 16.4. The third-order valence-electron chi connectivity index (χ3n) is 3.61. The summed E-state index contributed by atoms with van der Waals surface area (Å²) in [5.41, 5.74) is 0. The number of carbonyl (C=O) groups excluding carboxylic acids is 1. The SMILES string of the molecule is CCc1nnc(CN2CCN(CC(C)C)C(=O)C2C)o1. The molecule has 0 aromatic carbocycles. The van der Waals surface area contributed by atoms with Crippen LogP contribution in [-0.2, 0) is 17.8 Å². The molecule has 6 nitrogen and oxygen atoms in total. The number of hydrogen-bond donors (Lipinski definition) is 0. The van der Waals surface area contributed by atoms with Crippen LogP contribution in [0.2, 0.25) is 0 Å². The summed E-state index contributed by atoms with van der Waals surface area (Å²) in [7, 11) is 0. The number of piperazine rings is 1. The predicted octanol–water partition coefficient (Wildman–Crippen LogP) is 1.32. The second-order valence-electron chi connectivity index (χ2n) is 5.77. The van der Waals surface area contributed by atoms with Gasteiger partial charge in [-0.1, -0.05) is 20.8 Å². The highest BCUT2D eigenvalue weighted by Crippen LogP contribution is 2.16. The van der Waals surface area contributed by atoms with E-state index in [1.165, 1.54) is 0 Å². The second kappa shape index (κ2) is 6.35. The summed E-state index contributed by atoms with van der Waals surface area (Å²) in [6, 6.07) is -0.125. The highest BCUT2D eigenvalue weighted by atomic mass is 16.4. The average molecular weight is 280 g/mol. The highest BCUT2D eigenvalue weighted by molar-refractivity contribution is 5.82. The number of nitrogens with zero attached hydrogens (tertiary/aromatic N) is 4. The summed E-state index contributed by atoms with van der Waals surface area (Å²) in [5.74, 6) is 1.94. The van der Waals surface area contributed by atoms with E-state index in [0.717, 1.165) is 26.1 Å². The molecule has 1 aliphatic rings. The quantitative estimate of drug-likeness (QED) is 0.814. The van der Waals surface area contributed by atoms with Crippen LogP contribution in [0.4, 0.5) is 0 Å². The molecule has 0 radical (unpaired) electrons. The Kier molecular flexibility index (Phi) is 4.75. The van der Waals surface area contributed by atoms with Crippen LogP contribution in [0.15, 0.2) is 4.42 Å². The fraction of sp³-hybridized carbons (Fsp3) is 0.786. The molecule has 1 aromatic heterocycles. The summed E-state index contributed by atoms with van der Waals surface area (Å²) < 4.78 is 5.52. The van der Waals surface area contributed by atoms with Gasteiger partial charge in [0.2, 0.25) is 17.7 Å². The third kappa shape index (κ3) is 3.36. The Morgan fingerprint density at radius 1 is 1.30 bits per heavy atom. The first-order chi connectivity index (χ1) is 9.51. The molecule has 0 spiro atoms. The molecule has 1 amide bonds. The van der Waals surface area contributed by atoms with Gasteiger partial charge in [0.15, 0.2) is 0 Å². The summed E-state index contributed by atoms with van der Waals surface area (Å²) in [6.07, 6.45) is 0.740. The summed E-state index contributed by atoms with van der Waals surface area (Å²) in [6.45, 7) is 11.2. The van der Waals surface area contributed by atoms with Gasteiger partial charge >= 0.3 is 0 Å². The Balaban J connectivity index is 1.96. The second-order valence-corrected chi connectivity index (χ2v) is 5.77. The van der Waals surface area contributed by atoms with Crippen LogP contribution in [0.1, 0.15) is 39.5 Å². The monoisotopic (exact) mass is 280 g/mol. The van der Waals surface area contributed by atoms with E-state index in [1.807, 2.05) is 18.7 Å². The minimum absolute atomic E-state index is 0.125. The molecule has 2 rings (SSSR count). The van der Waals surface area contributed by atoms with Crippen LogP contribution in [0.3, 0.4) is 0 Å². The van der Waals surface area contributed by atoms with E-state index >= 15 is 0 Å². The molecule has 1 saturated heterocycles. The van der Waals surface area contributed by atoms with E-state index < -0.39 is 0 Å². The average Bonchev–Trinajstić information content (AvgIpc) is 2.86. The molecule has 1 fully saturated rings. The molecule has 0 aliphatic carbocycles. The van der Waals surface area contributed by atoms with Crippen LogP contribution >= 0.6 is 0 Å². The van der Waals surface area contributed by atoms with E-state index in [4.69, 9.17) is 4.42 Å². The van der Waals surface area contributed by atoms with E-state index in [2.05, 4.69) is 28.9 Å². The molecule has 112 valence electrons. The minimum Gasteiger partial charge on any atom is -0.424 e. The molecular weight excluding hydrogens is 256 g/mol. The summed E-state index contributed by atoms with van der Waals surface area (Å²) in [5, 5.41) is 7.98. The van der Waals surface area contributed by atoms with Gasteiger partial charge in [-0.3, -0.25) is 9.69 Å². The van der Waals surface area contributed by atoms with E-state index in [9.17, 15) is 4.79 Å². The zero-order valence-electron chi connectivity index (χ0n) is 12.8. The van der Waals surface area contributed by atoms with Crippen molar-refractivity contribution in [3.8, 4) is 0 Å². The van der Waals surface area contributed by atoms with Gasteiger partial charge in [-0.05, 0) is 12.8 Å². The van der Waals surface area contributed by atoms with Crippen molar-refractivity contribution in [3.05, 3.63) is 11.8 Å². The molecule has 1 unspecified atom stereocenters. The Labute approximate surface area is 120 Å². The van der Waals surface area contributed by atoms with E-state index in [0.29, 0.717) is 24.2 Å². The standard InChI is InChI=1S/C14H24N4O2/c1-5-12-15-16-13(20-12)9-17-6-7-18(8-10(2)3)14(19)11(17)4/h10-11H,5-9H2,1-4H3. The lowest BCUT2D eigenvalue weighted by Crippen LogP contribution is -2.56. The Hall–Kier alpha value is -1.43. The van der Waals surface area contributed by atoms with Gasteiger partial charge in [0, 0.05) is 26.1 Å². The van der Waals surface area contributed by atoms with Crippen molar-refractivity contribution in [1.29, 1.82) is 0 Å². The molecule has 1 aromatic rings. The maximum absolute atomic E-state index is 12.3. The Morgan fingerprint density at radius 2 is 2.00 bits per heavy atom. The van der Waals surface area contributed by atoms with Gasteiger partial charge in [0.25, 0.3) is 0 Å². The van der Waals surface area contributed by atoms with Crippen molar-refractivity contribution >= 4 is 5.91 Å².